The highest BCUT2D eigenvalue weighted by Gasteiger charge is 2.24. The standard InChI is InChI=1S/C26H32N6/c1-30-13-15-31(16-14-30)18-19-7-9-20(10-8-19)24-23-17-28-25-22(11-12-27-25)32(23)26(29-24)21-5-3-2-4-6-21/h7-12,17,21,27H,2-6,13-16,18H2,1H3. The van der Waals surface area contributed by atoms with E-state index in [-0.39, 0.29) is 0 Å². The van der Waals surface area contributed by atoms with Crippen molar-refractivity contribution in [3.8, 4) is 11.3 Å². The summed E-state index contributed by atoms with van der Waals surface area (Å²) in [5, 5.41) is 0. The van der Waals surface area contributed by atoms with Gasteiger partial charge in [0.2, 0.25) is 0 Å². The second-order valence-electron chi connectivity index (χ2n) is 9.62. The van der Waals surface area contributed by atoms with Crippen molar-refractivity contribution < 1.29 is 0 Å². The van der Waals surface area contributed by atoms with Crippen molar-refractivity contribution in [3.63, 3.8) is 0 Å². The van der Waals surface area contributed by atoms with Crippen molar-refractivity contribution in [2.45, 2.75) is 44.6 Å². The minimum absolute atomic E-state index is 0.530. The number of likely N-dealkylation sites (N-methyl/N-ethyl adjacent to an activating group) is 1. The van der Waals surface area contributed by atoms with Gasteiger partial charge in [-0.2, -0.15) is 0 Å². The number of hydrogen-bond acceptors (Lipinski definition) is 4. The lowest BCUT2D eigenvalue weighted by molar-refractivity contribution is 0.148. The van der Waals surface area contributed by atoms with Gasteiger partial charge < -0.3 is 9.88 Å². The summed E-state index contributed by atoms with van der Waals surface area (Å²) in [5.74, 6) is 1.74. The van der Waals surface area contributed by atoms with E-state index >= 15 is 0 Å². The highest BCUT2D eigenvalue weighted by molar-refractivity contribution is 5.84. The number of aromatic nitrogens is 4. The number of piperazine rings is 1. The molecule has 3 aromatic heterocycles. The topological polar surface area (TPSA) is 52.5 Å². The van der Waals surface area contributed by atoms with Crippen LogP contribution in [0.2, 0.25) is 0 Å². The average molecular weight is 429 g/mol. The van der Waals surface area contributed by atoms with Gasteiger partial charge in [0.15, 0.2) is 5.65 Å². The lowest BCUT2D eigenvalue weighted by Crippen LogP contribution is -2.43. The Hall–Kier alpha value is -2.70. The number of fused-ring (bicyclic) bond motifs is 3. The summed E-state index contributed by atoms with van der Waals surface area (Å²) in [4.78, 5) is 18.2. The van der Waals surface area contributed by atoms with Crippen LogP contribution in [0.1, 0.15) is 49.4 Å². The molecule has 6 nitrogen and oxygen atoms in total. The van der Waals surface area contributed by atoms with Crippen LogP contribution in [0.3, 0.4) is 0 Å². The van der Waals surface area contributed by atoms with E-state index in [1.165, 1.54) is 49.1 Å². The number of benzene rings is 1. The average Bonchev–Trinajstić information content (AvgIpc) is 3.46. The quantitative estimate of drug-likeness (QED) is 0.513. The smallest absolute Gasteiger partial charge is 0.154 e. The molecule has 6 heteroatoms. The molecule has 1 aromatic carbocycles. The zero-order valence-electron chi connectivity index (χ0n) is 18.9. The van der Waals surface area contributed by atoms with Gasteiger partial charge in [-0.1, -0.05) is 43.5 Å². The molecule has 0 amide bonds. The lowest BCUT2D eigenvalue weighted by atomic mass is 9.89. The van der Waals surface area contributed by atoms with Crippen LogP contribution in [0, 0.1) is 0 Å². The number of nitrogens with one attached hydrogen (secondary N) is 1. The maximum absolute atomic E-state index is 5.26. The largest absolute Gasteiger partial charge is 0.345 e. The summed E-state index contributed by atoms with van der Waals surface area (Å²) in [6.07, 6.45) is 10.4. The Kier molecular flexibility index (Phi) is 5.20. The van der Waals surface area contributed by atoms with Gasteiger partial charge in [0.25, 0.3) is 0 Å². The minimum atomic E-state index is 0.530. The first-order valence-corrected chi connectivity index (χ1v) is 12.1. The fourth-order valence-electron chi connectivity index (χ4n) is 5.46. The zero-order valence-corrected chi connectivity index (χ0v) is 18.9. The Labute approximate surface area is 189 Å². The normalized spacial score (nSPS) is 19.3. The van der Waals surface area contributed by atoms with E-state index < -0.39 is 0 Å². The van der Waals surface area contributed by atoms with Gasteiger partial charge in [0.1, 0.15) is 5.82 Å². The molecule has 32 heavy (non-hydrogen) atoms. The third-order valence-electron chi connectivity index (χ3n) is 7.40. The SMILES string of the molecule is CN1CCN(Cc2ccc(-c3nc(C4CCCCC4)n4c3cnc3[nH]ccc34)cc2)CC1. The molecule has 1 N–H and O–H groups in total. The zero-order chi connectivity index (χ0) is 21.5. The molecule has 0 radical (unpaired) electrons. The molecule has 1 saturated carbocycles. The van der Waals surface area contributed by atoms with Gasteiger partial charge in [-0.3, -0.25) is 9.30 Å². The van der Waals surface area contributed by atoms with Crippen molar-refractivity contribution in [2.75, 3.05) is 33.2 Å². The highest BCUT2D eigenvalue weighted by atomic mass is 15.2. The summed E-state index contributed by atoms with van der Waals surface area (Å²) >= 11 is 0. The predicted molar refractivity (Wildman–Crippen MR) is 129 cm³/mol. The van der Waals surface area contributed by atoms with Gasteiger partial charge in [-0.15, -0.1) is 0 Å². The van der Waals surface area contributed by atoms with E-state index in [0.717, 1.165) is 55.1 Å². The van der Waals surface area contributed by atoms with E-state index in [9.17, 15) is 0 Å². The number of nitrogens with zero attached hydrogens (tertiary/aromatic N) is 5. The Morgan fingerprint density at radius 3 is 2.50 bits per heavy atom. The number of H-pyrrole nitrogens is 1. The van der Waals surface area contributed by atoms with E-state index in [1.807, 2.05) is 12.4 Å². The fourth-order valence-corrected chi connectivity index (χ4v) is 5.46. The molecule has 166 valence electrons. The van der Waals surface area contributed by atoms with Gasteiger partial charge in [-0.05, 0) is 31.5 Å². The molecular formula is C26H32N6. The third kappa shape index (κ3) is 3.61. The molecule has 6 rings (SSSR count). The fraction of sp³-hybridized carbons (Fsp3) is 0.462. The third-order valence-corrected chi connectivity index (χ3v) is 7.40. The van der Waals surface area contributed by atoms with Gasteiger partial charge in [-0.25, -0.2) is 9.97 Å². The van der Waals surface area contributed by atoms with Gasteiger partial charge in [0, 0.05) is 50.4 Å². The first kappa shape index (κ1) is 19.9. The van der Waals surface area contributed by atoms with Gasteiger partial charge >= 0.3 is 0 Å². The second kappa shape index (κ2) is 8.34. The van der Waals surface area contributed by atoms with Crippen LogP contribution in [0.5, 0.6) is 0 Å². The summed E-state index contributed by atoms with van der Waals surface area (Å²) in [5.41, 5.74) is 6.80. The Balaban J connectivity index is 1.36. The lowest BCUT2D eigenvalue weighted by Gasteiger charge is -2.32. The van der Waals surface area contributed by atoms with Crippen molar-refractivity contribution in [3.05, 3.63) is 54.1 Å². The van der Waals surface area contributed by atoms with Crippen LogP contribution in [0.4, 0.5) is 0 Å². The van der Waals surface area contributed by atoms with Crippen molar-refractivity contribution in [1.29, 1.82) is 0 Å². The monoisotopic (exact) mass is 428 g/mol. The Morgan fingerprint density at radius 2 is 1.72 bits per heavy atom. The van der Waals surface area contributed by atoms with Crippen LogP contribution in [-0.4, -0.2) is 62.4 Å². The summed E-state index contributed by atoms with van der Waals surface area (Å²) in [7, 11) is 2.21. The molecular weight excluding hydrogens is 396 g/mol. The highest BCUT2D eigenvalue weighted by Crippen LogP contribution is 2.36. The molecule has 0 bridgehead atoms. The summed E-state index contributed by atoms with van der Waals surface area (Å²) < 4.78 is 2.36. The molecule has 2 aliphatic rings. The maximum Gasteiger partial charge on any atom is 0.154 e. The van der Waals surface area contributed by atoms with Crippen molar-refractivity contribution >= 4 is 16.7 Å². The molecule has 0 spiro atoms. The molecule has 4 aromatic rings. The minimum Gasteiger partial charge on any atom is -0.345 e. The molecule has 1 aliphatic carbocycles. The number of rotatable bonds is 4. The van der Waals surface area contributed by atoms with E-state index in [2.05, 4.69) is 61.5 Å². The predicted octanol–water partition coefficient (Wildman–Crippen LogP) is 4.67. The molecule has 2 fully saturated rings. The molecule has 0 atom stereocenters. The summed E-state index contributed by atoms with van der Waals surface area (Å²) in [6, 6.07) is 11.2. The van der Waals surface area contributed by atoms with E-state index in [0.29, 0.717) is 5.92 Å². The molecule has 0 unspecified atom stereocenters. The number of hydrogen-bond donors (Lipinski definition) is 1. The van der Waals surface area contributed by atoms with E-state index in [1.54, 1.807) is 0 Å². The Bertz CT molecular complexity index is 1210. The first-order chi connectivity index (χ1) is 15.8. The Morgan fingerprint density at radius 1 is 0.938 bits per heavy atom. The van der Waals surface area contributed by atoms with Crippen LogP contribution in [0.25, 0.3) is 27.9 Å². The van der Waals surface area contributed by atoms with Crippen LogP contribution < -0.4 is 0 Å². The molecule has 1 saturated heterocycles. The van der Waals surface area contributed by atoms with Crippen molar-refractivity contribution in [1.82, 2.24) is 29.2 Å². The first-order valence-electron chi connectivity index (χ1n) is 12.1. The van der Waals surface area contributed by atoms with Crippen LogP contribution >= 0.6 is 0 Å². The number of aromatic amines is 1. The summed E-state index contributed by atoms with van der Waals surface area (Å²) in [6.45, 7) is 5.63. The van der Waals surface area contributed by atoms with Gasteiger partial charge in [0.05, 0.1) is 22.9 Å². The van der Waals surface area contributed by atoms with Crippen LogP contribution in [-0.2, 0) is 6.54 Å². The van der Waals surface area contributed by atoms with Crippen molar-refractivity contribution in [2.24, 2.45) is 0 Å². The number of imidazole rings is 1. The van der Waals surface area contributed by atoms with E-state index in [4.69, 9.17) is 4.98 Å². The molecule has 4 heterocycles. The maximum atomic E-state index is 5.26. The second-order valence-corrected chi connectivity index (χ2v) is 9.62. The van der Waals surface area contributed by atoms with Crippen LogP contribution in [0.15, 0.2) is 42.7 Å². The molecule has 1 aliphatic heterocycles.